The molecule has 1 unspecified atom stereocenters. The maximum atomic E-state index is 12.6. The highest BCUT2D eigenvalue weighted by atomic mass is 35.5. The second-order valence-corrected chi connectivity index (χ2v) is 6.31. The molecule has 1 atom stereocenters. The molecular formula is C19H31ClN2O3. The van der Waals surface area contributed by atoms with Gasteiger partial charge >= 0.3 is 0 Å². The molecule has 0 aromatic heterocycles. The van der Waals surface area contributed by atoms with E-state index >= 15 is 0 Å². The molecule has 1 aliphatic rings. The molecule has 6 heteroatoms. The molecule has 1 amide bonds. The molecule has 0 bridgehead atoms. The van der Waals surface area contributed by atoms with Gasteiger partial charge in [-0.1, -0.05) is 12.8 Å². The Hall–Kier alpha value is -1.46. The van der Waals surface area contributed by atoms with Crippen LogP contribution in [0.5, 0.6) is 11.5 Å². The van der Waals surface area contributed by atoms with E-state index in [1.807, 2.05) is 23.1 Å². The fourth-order valence-electron chi connectivity index (χ4n) is 3.40. The predicted octanol–water partition coefficient (Wildman–Crippen LogP) is 3.70. The van der Waals surface area contributed by atoms with Gasteiger partial charge in [0.05, 0.1) is 20.3 Å². The van der Waals surface area contributed by atoms with Gasteiger partial charge in [-0.05, 0) is 44.4 Å². The fraction of sp³-hybridized carbons (Fsp3) is 0.632. The molecule has 1 heterocycles. The largest absolute Gasteiger partial charge is 0.497 e. The SMILES string of the molecule is COc1ccc(C2CCCN2C(=O)CCCCCCN)c(OC)c1.Cl. The maximum absolute atomic E-state index is 12.6. The number of hydrogen-bond donors (Lipinski definition) is 1. The van der Waals surface area contributed by atoms with Crippen LogP contribution in [0, 0.1) is 0 Å². The molecule has 1 aromatic rings. The van der Waals surface area contributed by atoms with Gasteiger partial charge in [-0.3, -0.25) is 4.79 Å². The Morgan fingerprint density at radius 3 is 2.64 bits per heavy atom. The van der Waals surface area contributed by atoms with Gasteiger partial charge in [0.25, 0.3) is 0 Å². The van der Waals surface area contributed by atoms with Gasteiger partial charge in [0.15, 0.2) is 0 Å². The molecular weight excluding hydrogens is 340 g/mol. The summed E-state index contributed by atoms with van der Waals surface area (Å²) in [6.07, 6.45) is 6.83. The first-order valence-corrected chi connectivity index (χ1v) is 8.92. The number of carbonyl (C=O) groups is 1. The number of ether oxygens (including phenoxy) is 2. The highest BCUT2D eigenvalue weighted by molar-refractivity contribution is 5.85. The van der Waals surface area contributed by atoms with E-state index in [4.69, 9.17) is 15.2 Å². The Morgan fingerprint density at radius 1 is 1.20 bits per heavy atom. The summed E-state index contributed by atoms with van der Waals surface area (Å²) < 4.78 is 10.8. The summed E-state index contributed by atoms with van der Waals surface area (Å²) >= 11 is 0. The highest BCUT2D eigenvalue weighted by Crippen LogP contribution is 2.39. The molecule has 1 saturated heterocycles. The van der Waals surface area contributed by atoms with Crippen LogP contribution in [-0.2, 0) is 4.79 Å². The number of hydrogen-bond acceptors (Lipinski definition) is 4. The first-order chi connectivity index (χ1) is 11.7. The average molecular weight is 371 g/mol. The van der Waals surface area contributed by atoms with E-state index < -0.39 is 0 Å². The molecule has 25 heavy (non-hydrogen) atoms. The molecule has 0 saturated carbocycles. The van der Waals surface area contributed by atoms with Crippen molar-refractivity contribution in [3.05, 3.63) is 23.8 Å². The van der Waals surface area contributed by atoms with E-state index in [-0.39, 0.29) is 24.4 Å². The van der Waals surface area contributed by atoms with Crippen molar-refractivity contribution in [2.24, 2.45) is 5.73 Å². The lowest BCUT2D eigenvalue weighted by atomic mass is 10.0. The number of nitrogens with two attached hydrogens (primary N) is 1. The first-order valence-electron chi connectivity index (χ1n) is 8.92. The van der Waals surface area contributed by atoms with Gasteiger partial charge < -0.3 is 20.1 Å². The van der Waals surface area contributed by atoms with Crippen molar-refractivity contribution < 1.29 is 14.3 Å². The Kier molecular flexibility index (Phi) is 9.68. The number of unbranched alkanes of at least 4 members (excludes halogenated alkanes) is 3. The minimum absolute atomic E-state index is 0. The van der Waals surface area contributed by atoms with Crippen LogP contribution in [0.4, 0.5) is 0 Å². The highest BCUT2D eigenvalue weighted by Gasteiger charge is 2.31. The van der Waals surface area contributed by atoms with Crippen molar-refractivity contribution in [2.75, 3.05) is 27.3 Å². The third-order valence-electron chi connectivity index (χ3n) is 4.72. The van der Waals surface area contributed by atoms with E-state index in [2.05, 4.69) is 0 Å². The summed E-state index contributed by atoms with van der Waals surface area (Å²) in [7, 11) is 3.31. The number of amides is 1. The molecule has 1 fully saturated rings. The topological polar surface area (TPSA) is 64.8 Å². The number of halogens is 1. The van der Waals surface area contributed by atoms with Gasteiger partial charge in [-0.15, -0.1) is 12.4 Å². The number of methoxy groups -OCH3 is 2. The Balaban J connectivity index is 0.00000312. The van der Waals surface area contributed by atoms with E-state index in [0.717, 1.165) is 68.7 Å². The third kappa shape index (κ3) is 5.79. The van der Waals surface area contributed by atoms with Gasteiger partial charge in [-0.2, -0.15) is 0 Å². The molecule has 1 aromatic carbocycles. The van der Waals surface area contributed by atoms with Crippen LogP contribution in [0.25, 0.3) is 0 Å². The van der Waals surface area contributed by atoms with Crippen molar-refractivity contribution >= 4 is 18.3 Å². The molecule has 142 valence electrons. The van der Waals surface area contributed by atoms with Gasteiger partial charge in [0.2, 0.25) is 5.91 Å². The van der Waals surface area contributed by atoms with Crippen molar-refractivity contribution in [3.8, 4) is 11.5 Å². The number of rotatable bonds is 9. The maximum Gasteiger partial charge on any atom is 0.223 e. The van der Waals surface area contributed by atoms with E-state index in [1.165, 1.54) is 0 Å². The van der Waals surface area contributed by atoms with Gasteiger partial charge in [0, 0.05) is 24.6 Å². The minimum Gasteiger partial charge on any atom is -0.497 e. The Labute approximate surface area is 157 Å². The van der Waals surface area contributed by atoms with Crippen molar-refractivity contribution in [2.45, 2.75) is 51.0 Å². The first kappa shape index (κ1) is 21.6. The second kappa shape index (κ2) is 11.2. The van der Waals surface area contributed by atoms with Crippen LogP contribution in [0.15, 0.2) is 18.2 Å². The monoisotopic (exact) mass is 370 g/mol. The van der Waals surface area contributed by atoms with Crippen molar-refractivity contribution in [1.82, 2.24) is 4.90 Å². The van der Waals surface area contributed by atoms with Crippen molar-refractivity contribution in [3.63, 3.8) is 0 Å². The lowest BCUT2D eigenvalue weighted by Gasteiger charge is -2.26. The summed E-state index contributed by atoms with van der Waals surface area (Å²) in [5.74, 6) is 1.82. The van der Waals surface area contributed by atoms with Crippen LogP contribution in [0.3, 0.4) is 0 Å². The Bertz CT molecular complexity index is 539. The number of benzene rings is 1. The zero-order chi connectivity index (χ0) is 17.4. The zero-order valence-electron chi connectivity index (χ0n) is 15.3. The lowest BCUT2D eigenvalue weighted by molar-refractivity contribution is -0.132. The molecule has 0 radical (unpaired) electrons. The molecule has 0 aliphatic carbocycles. The van der Waals surface area contributed by atoms with Crippen LogP contribution in [0.1, 0.15) is 56.6 Å². The molecule has 1 aliphatic heterocycles. The smallest absolute Gasteiger partial charge is 0.223 e. The average Bonchev–Trinajstić information content (AvgIpc) is 3.10. The third-order valence-corrected chi connectivity index (χ3v) is 4.72. The number of nitrogens with zero attached hydrogens (tertiary/aromatic N) is 1. The van der Waals surface area contributed by atoms with E-state index in [9.17, 15) is 4.79 Å². The molecule has 5 nitrogen and oxygen atoms in total. The predicted molar refractivity (Wildman–Crippen MR) is 103 cm³/mol. The van der Waals surface area contributed by atoms with Gasteiger partial charge in [0.1, 0.15) is 11.5 Å². The summed E-state index contributed by atoms with van der Waals surface area (Å²) in [5.41, 5.74) is 6.58. The summed E-state index contributed by atoms with van der Waals surface area (Å²) in [6, 6.07) is 5.96. The molecule has 0 spiro atoms. The Morgan fingerprint density at radius 2 is 1.96 bits per heavy atom. The van der Waals surface area contributed by atoms with Gasteiger partial charge in [-0.25, -0.2) is 0 Å². The molecule has 2 rings (SSSR count). The van der Waals surface area contributed by atoms with Crippen LogP contribution < -0.4 is 15.2 Å². The molecule has 2 N–H and O–H groups in total. The second-order valence-electron chi connectivity index (χ2n) is 6.31. The quantitative estimate of drug-likeness (QED) is 0.673. The summed E-state index contributed by atoms with van der Waals surface area (Å²) in [5, 5.41) is 0. The zero-order valence-corrected chi connectivity index (χ0v) is 16.1. The standard InChI is InChI=1S/C19H30N2O3.ClH/c1-23-15-10-11-16(18(14-15)24-2)17-8-7-13-21(17)19(22)9-5-3-4-6-12-20;/h10-11,14,17H,3-9,12-13,20H2,1-2H3;1H. The minimum atomic E-state index is 0. The number of carbonyl (C=O) groups excluding carboxylic acids is 1. The normalized spacial score (nSPS) is 16.4. The van der Waals surface area contributed by atoms with E-state index in [1.54, 1.807) is 14.2 Å². The lowest BCUT2D eigenvalue weighted by Crippen LogP contribution is -2.30. The summed E-state index contributed by atoms with van der Waals surface area (Å²) in [4.78, 5) is 14.6. The van der Waals surface area contributed by atoms with Crippen LogP contribution in [0.2, 0.25) is 0 Å². The van der Waals surface area contributed by atoms with Crippen LogP contribution >= 0.6 is 12.4 Å². The van der Waals surface area contributed by atoms with E-state index in [0.29, 0.717) is 6.42 Å². The summed E-state index contributed by atoms with van der Waals surface area (Å²) in [6.45, 7) is 1.57. The van der Waals surface area contributed by atoms with Crippen LogP contribution in [-0.4, -0.2) is 38.1 Å². The number of likely N-dealkylation sites (tertiary alicyclic amines) is 1. The van der Waals surface area contributed by atoms with Crippen molar-refractivity contribution in [1.29, 1.82) is 0 Å². The fourth-order valence-corrected chi connectivity index (χ4v) is 3.40.